The molecule has 2 aromatic carbocycles. The fraction of sp³-hybridized carbons (Fsp3) is 0.320. The van der Waals surface area contributed by atoms with Crippen molar-refractivity contribution in [2.75, 3.05) is 17.7 Å². The summed E-state index contributed by atoms with van der Waals surface area (Å²) in [7, 11) is 0. The Morgan fingerprint density at radius 1 is 1.22 bits per heavy atom. The number of aryl methyl sites for hydroxylation is 1. The third-order valence-electron chi connectivity index (χ3n) is 6.21. The van der Waals surface area contributed by atoms with Gasteiger partial charge in [-0.25, -0.2) is 0 Å². The van der Waals surface area contributed by atoms with Crippen LogP contribution in [0, 0.1) is 6.92 Å². The zero-order chi connectivity index (χ0) is 22.8. The van der Waals surface area contributed by atoms with Gasteiger partial charge in [0.2, 0.25) is 0 Å². The molecule has 7 heteroatoms. The van der Waals surface area contributed by atoms with Crippen LogP contribution < -0.4 is 4.90 Å². The average molecular weight is 467 g/mol. The van der Waals surface area contributed by atoms with Gasteiger partial charge in [0.1, 0.15) is 10.9 Å². The van der Waals surface area contributed by atoms with E-state index >= 15 is 0 Å². The van der Waals surface area contributed by atoms with Crippen LogP contribution in [-0.2, 0) is 9.59 Å². The summed E-state index contributed by atoms with van der Waals surface area (Å²) in [5.74, 6) is -1.03. The Morgan fingerprint density at radius 3 is 2.66 bits per heavy atom. The van der Waals surface area contributed by atoms with Gasteiger partial charge < -0.3 is 10.0 Å². The lowest BCUT2D eigenvalue weighted by Gasteiger charge is -2.27. The Morgan fingerprint density at radius 2 is 1.97 bits per heavy atom. The van der Waals surface area contributed by atoms with Crippen LogP contribution in [0.3, 0.4) is 0 Å². The zero-order valence-corrected chi connectivity index (χ0v) is 19.8. The van der Waals surface area contributed by atoms with Gasteiger partial charge in [-0.1, -0.05) is 54.2 Å². The summed E-state index contributed by atoms with van der Waals surface area (Å²) in [6.07, 6.45) is 8.44. The van der Waals surface area contributed by atoms with E-state index in [1.54, 1.807) is 12.3 Å². The number of aliphatic carboxylic acids is 1. The van der Waals surface area contributed by atoms with E-state index in [0.717, 1.165) is 10.5 Å². The Kier molecular flexibility index (Phi) is 6.67. The molecule has 1 fully saturated rings. The molecule has 2 unspecified atom stereocenters. The maximum Gasteiger partial charge on any atom is 0.323 e. The molecule has 1 aliphatic heterocycles. The molecule has 0 radical (unpaired) electrons. The van der Waals surface area contributed by atoms with E-state index in [1.807, 2.05) is 6.07 Å². The summed E-state index contributed by atoms with van der Waals surface area (Å²) >= 11 is 6.34. The van der Waals surface area contributed by atoms with Gasteiger partial charge in [0.25, 0.3) is 5.91 Å². The highest BCUT2D eigenvalue weighted by atomic mass is 32.2. The third-order valence-corrected chi connectivity index (χ3v) is 7.50. The highest BCUT2D eigenvalue weighted by Crippen LogP contribution is 2.52. The zero-order valence-electron chi connectivity index (χ0n) is 18.2. The molecule has 2 aromatic rings. The number of nitrogens with zero attached hydrogens (tertiary/aromatic N) is 2. The van der Waals surface area contributed by atoms with Crippen LogP contribution in [-0.4, -0.2) is 45.0 Å². The topological polar surface area (TPSA) is 60.9 Å². The van der Waals surface area contributed by atoms with E-state index in [9.17, 15) is 9.59 Å². The first-order valence-electron chi connectivity index (χ1n) is 10.7. The highest BCUT2D eigenvalue weighted by Gasteiger charge is 2.42. The number of carboxylic acid groups (broad SMARTS) is 1. The number of carbonyl (C=O) groups excluding carboxylic acids is 1. The number of rotatable bonds is 5. The Bertz CT molecular complexity index is 1080. The van der Waals surface area contributed by atoms with Gasteiger partial charge in [0, 0.05) is 29.4 Å². The summed E-state index contributed by atoms with van der Waals surface area (Å²) in [6.45, 7) is 1.66. The van der Waals surface area contributed by atoms with Gasteiger partial charge in [0.05, 0.1) is 0 Å². The van der Waals surface area contributed by atoms with E-state index in [2.05, 4.69) is 48.2 Å². The maximum absolute atomic E-state index is 12.6. The molecule has 0 bridgehead atoms. The average Bonchev–Trinajstić information content (AvgIpc) is 3.37. The van der Waals surface area contributed by atoms with E-state index < -0.39 is 18.4 Å². The van der Waals surface area contributed by atoms with Crippen LogP contribution in [0.15, 0.2) is 48.5 Å². The summed E-state index contributed by atoms with van der Waals surface area (Å²) < 4.78 is 0.249. The van der Waals surface area contributed by atoms with Crippen LogP contribution in [0.4, 0.5) is 11.4 Å². The summed E-state index contributed by atoms with van der Waals surface area (Å²) in [5, 5.41) is 9.10. The van der Waals surface area contributed by atoms with Crippen molar-refractivity contribution in [2.24, 2.45) is 0 Å². The molecular weight excluding hydrogens is 440 g/mol. The molecule has 32 heavy (non-hydrogen) atoms. The SMILES string of the molecule is CSC(=S)N(CC(=O)O)C(=O)/C=C/c1ccc2c(c1)C1CCCC1N2c1ccc(C)cc1. The van der Waals surface area contributed by atoms with Gasteiger partial charge in [0.15, 0.2) is 0 Å². The molecule has 0 aromatic heterocycles. The van der Waals surface area contributed by atoms with Gasteiger partial charge in [-0.15, -0.1) is 0 Å². The predicted octanol–water partition coefficient (Wildman–Crippen LogP) is 5.36. The number of thioether (sulfide) groups is 1. The lowest BCUT2D eigenvalue weighted by molar-refractivity contribution is -0.140. The van der Waals surface area contributed by atoms with E-state index in [-0.39, 0.29) is 4.32 Å². The number of hydrogen-bond donors (Lipinski definition) is 1. The van der Waals surface area contributed by atoms with Crippen molar-refractivity contribution < 1.29 is 14.7 Å². The largest absolute Gasteiger partial charge is 0.480 e. The maximum atomic E-state index is 12.6. The van der Waals surface area contributed by atoms with Crippen molar-refractivity contribution in [3.63, 3.8) is 0 Å². The highest BCUT2D eigenvalue weighted by molar-refractivity contribution is 8.22. The quantitative estimate of drug-likeness (QED) is 0.473. The van der Waals surface area contributed by atoms with E-state index in [4.69, 9.17) is 17.3 Å². The summed E-state index contributed by atoms with van der Waals surface area (Å²) in [4.78, 5) is 27.3. The number of hydrogen-bond acceptors (Lipinski definition) is 5. The van der Waals surface area contributed by atoms with Crippen molar-refractivity contribution in [3.05, 3.63) is 65.2 Å². The standard InChI is InChI=1S/C25H26N2O3S2/c1-16-6-10-18(11-7-16)27-21-5-3-4-19(21)20-14-17(8-12-22(20)27)9-13-23(28)26(15-24(29)30)25(31)32-2/h6-14,19,21H,3-5,15H2,1-2H3,(H,29,30)/b13-9+. The molecule has 166 valence electrons. The predicted molar refractivity (Wildman–Crippen MR) is 135 cm³/mol. The molecule has 0 saturated heterocycles. The van der Waals surface area contributed by atoms with Crippen molar-refractivity contribution in [1.29, 1.82) is 0 Å². The second-order valence-electron chi connectivity index (χ2n) is 8.25. The Balaban J connectivity index is 1.60. The molecule has 1 N–H and O–H groups in total. The molecule has 1 amide bonds. The van der Waals surface area contributed by atoms with Crippen LogP contribution in [0.25, 0.3) is 6.08 Å². The smallest absolute Gasteiger partial charge is 0.323 e. The molecular formula is C25H26N2O3S2. The lowest BCUT2D eigenvalue weighted by Crippen LogP contribution is -2.37. The Labute approximate surface area is 198 Å². The monoisotopic (exact) mass is 466 g/mol. The number of amides is 1. The molecule has 2 atom stereocenters. The lowest BCUT2D eigenvalue weighted by atomic mass is 9.96. The number of benzene rings is 2. The fourth-order valence-corrected chi connectivity index (χ4v) is 5.28. The van der Waals surface area contributed by atoms with Crippen molar-refractivity contribution >= 4 is 57.6 Å². The second-order valence-corrected chi connectivity index (χ2v) is 9.69. The minimum absolute atomic E-state index is 0.249. The van der Waals surface area contributed by atoms with Crippen LogP contribution >= 0.6 is 24.0 Å². The van der Waals surface area contributed by atoms with Crippen LogP contribution in [0.2, 0.25) is 0 Å². The van der Waals surface area contributed by atoms with Gasteiger partial charge >= 0.3 is 5.97 Å². The first-order chi connectivity index (χ1) is 15.4. The third kappa shape index (κ3) is 4.45. The minimum atomic E-state index is -1.09. The molecule has 1 saturated carbocycles. The van der Waals surface area contributed by atoms with Crippen LogP contribution in [0.1, 0.15) is 41.9 Å². The van der Waals surface area contributed by atoms with Crippen molar-refractivity contribution in [2.45, 2.75) is 38.1 Å². The van der Waals surface area contributed by atoms with Gasteiger partial charge in [-0.3, -0.25) is 14.5 Å². The van der Waals surface area contributed by atoms with Gasteiger partial charge in [-0.2, -0.15) is 0 Å². The van der Waals surface area contributed by atoms with Crippen LogP contribution in [0.5, 0.6) is 0 Å². The summed E-state index contributed by atoms with van der Waals surface area (Å²) in [6, 6.07) is 15.5. The second kappa shape index (κ2) is 9.46. The molecule has 4 rings (SSSR count). The number of thiocarbonyl (C=S) groups is 1. The number of anilines is 2. The molecule has 0 spiro atoms. The summed E-state index contributed by atoms with van der Waals surface area (Å²) in [5.41, 5.74) is 5.96. The molecule has 5 nitrogen and oxygen atoms in total. The van der Waals surface area contributed by atoms with Crippen molar-refractivity contribution in [3.8, 4) is 0 Å². The van der Waals surface area contributed by atoms with E-state index in [1.165, 1.54) is 59.6 Å². The molecule has 2 aliphatic rings. The number of carboxylic acids is 1. The molecule has 1 aliphatic carbocycles. The minimum Gasteiger partial charge on any atom is -0.480 e. The van der Waals surface area contributed by atoms with Crippen molar-refractivity contribution in [1.82, 2.24) is 4.90 Å². The molecule has 1 heterocycles. The first kappa shape index (κ1) is 22.6. The Hall–Kier alpha value is -2.64. The number of fused-ring (bicyclic) bond motifs is 3. The number of carbonyl (C=O) groups is 2. The van der Waals surface area contributed by atoms with Gasteiger partial charge in [-0.05, 0) is 67.5 Å². The normalized spacial score (nSPS) is 19.1. The van der Waals surface area contributed by atoms with E-state index in [0.29, 0.717) is 12.0 Å². The fourth-order valence-electron chi connectivity index (χ4n) is 4.76. The first-order valence-corrected chi connectivity index (χ1v) is 12.3.